The zero-order valence-corrected chi connectivity index (χ0v) is 14.3. The average Bonchev–Trinajstić information content (AvgIpc) is 3.26. The molecule has 1 atom stereocenters. The summed E-state index contributed by atoms with van der Waals surface area (Å²) in [7, 11) is 0. The van der Waals surface area contributed by atoms with Crippen molar-refractivity contribution >= 4 is 16.7 Å². The van der Waals surface area contributed by atoms with Gasteiger partial charge >= 0.3 is 0 Å². The fraction of sp³-hybridized carbons (Fsp3) is 0.286. The standard InChI is InChI=1S/C21H19FN2O2/c22-14-8-15-19(25)11-26-10-16-20(15)18(9-14)24-21(16)13-5-3-12(4-6-13)17-2-1-7-23-17/h3-6,8-9,17,23-24H,1-2,7,10-11H2/t17-/m1/s1. The lowest BCUT2D eigenvalue weighted by molar-refractivity contribution is 0.0742. The zero-order valence-electron chi connectivity index (χ0n) is 14.3. The van der Waals surface area contributed by atoms with Crippen molar-refractivity contribution < 1.29 is 13.9 Å². The van der Waals surface area contributed by atoms with Gasteiger partial charge in [0.1, 0.15) is 12.4 Å². The van der Waals surface area contributed by atoms with Gasteiger partial charge in [-0.05, 0) is 42.6 Å². The van der Waals surface area contributed by atoms with Gasteiger partial charge in [0.2, 0.25) is 0 Å². The molecule has 3 aromatic rings. The van der Waals surface area contributed by atoms with Crippen LogP contribution in [0, 0.1) is 5.82 Å². The second-order valence-corrected chi connectivity index (χ2v) is 7.04. The number of carbonyl (C=O) groups is 1. The molecule has 0 amide bonds. The molecule has 2 aliphatic heterocycles. The van der Waals surface area contributed by atoms with Crippen LogP contribution >= 0.6 is 0 Å². The molecule has 2 N–H and O–H groups in total. The number of rotatable bonds is 2. The lowest BCUT2D eigenvalue weighted by Gasteiger charge is -2.11. The van der Waals surface area contributed by atoms with E-state index in [0.29, 0.717) is 23.7 Å². The highest BCUT2D eigenvalue weighted by molar-refractivity contribution is 6.11. The normalized spacial score (nSPS) is 19.9. The molecule has 0 aliphatic carbocycles. The van der Waals surface area contributed by atoms with E-state index in [1.165, 1.54) is 24.1 Å². The molecule has 2 aliphatic rings. The van der Waals surface area contributed by atoms with E-state index in [1.54, 1.807) is 0 Å². The Bertz CT molecular complexity index is 1000. The first kappa shape index (κ1) is 15.7. The van der Waals surface area contributed by atoms with Crippen molar-refractivity contribution in [1.29, 1.82) is 0 Å². The maximum atomic E-state index is 14.0. The predicted octanol–water partition coefficient (Wildman–Crippen LogP) is 4.11. The van der Waals surface area contributed by atoms with Crippen molar-refractivity contribution in [3.8, 4) is 11.3 Å². The first-order valence-electron chi connectivity index (χ1n) is 8.99. The smallest absolute Gasteiger partial charge is 0.189 e. The van der Waals surface area contributed by atoms with Gasteiger partial charge in [0.05, 0.1) is 12.3 Å². The molecule has 132 valence electrons. The van der Waals surface area contributed by atoms with Crippen LogP contribution in [0.5, 0.6) is 0 Å². The summed E-state index contributed by atoms with van der Waals surface area (Å²) in [5, 5.41) is 4.29. The first-order chi connectivity index (χ1) is 12.7. The van der Waals surface area contributed by atoms with E-state index in [2.05, 4.69) is 34.6 Å². The van der Waals surface area contributed by atoms with E-state index in [4.69, 9.17) is 4.74 Å². The Morgan fingerprint density at radius 1 is 1.12 bits per heavy atom. The van der Waals surface area contributed by atoms with E-state index >= 15 is 0 Å². The molecule has 0 radical (unpaired) electrons. The van der Waals surface area contributed by atoms with Crippen LogP contribution in [0.1, 0.15) is 40.4 Å². The molecule has 3 heterocycles. The van der Waals surface area contributed by atoms with Crippen LogP contribution in [0.25, 0.3) is 22.2 Å². The van der Waals surface area contributed by atoms with Crippen molar-refractivity contribution in [2.75, 3.05) is 13.2 Å². The Kier molecular flexibility index (Phi) is 3.65. The van der Waals surface area contributed by atoms with Gasteiger partial charge in [-0.25, -0.2) is 4.39 Å². The minimum atomic E-state index is -0.412. The summed E-state index contributed by atoms with van der Waals surface area (Å²) in [6.07, 6.45) is 2.37. The van der Waals surface area contributed by atoms with Gasteiger partial charge < -0.3 is 15.0 Å². The minimum Gasteiger partial charge on any atom is -0.369 e. The molecule has 2 aromatic carbocycles. The maximum Gasteiger partial charge on any atom is 0.189 e. The van der Waals surface area contributed by atoms with Crippen LogP contribution < -0.4 is 5.32 Å². The molecule has 0 spiro atoms. The molecule has 0 bridgehead atoms. The number of Topliss-reactive ketones (excluding diaryl/α,β-unsaturated/α-hetero) is 1. The Labute approximate surface area is 150 Å². The fourth-order valence-corrected chi connectivity index (χ4v) is 4.15. The summed E-state index contributed by atoms with van der Waals surface area (Å²) in [5.74, 6) is -0.591. The van der Waals surface area contributed by atoms with Gasteiger partial charge in [-0.15, -0.1) is 0 Å². The SMILES string of the molecule is O=C1COCc2c(-c3ccc([C@H]4CCCN4)cc3)[nH]c3cc(F)cc1c23. The molecular formula is C21H19FN2O2. The third kappa shape index (κ3) is 2.47. The highest BCUT2D eigenvalue weighted by Crippen LogP contribution is 2.36. The first-order valence-corrected chi connectivity index (χ1v) is 8.99. The summed E-state index contributed by atoms with van der Waals surface area (Å²) in [6.45, 7) is 1.39. The maximum absolute atomic E-state index is 14.0. The van der Waals surface area contributed by atoms with E-state index in [0.717, 1.165) is 35.2 Å². The van der Waals surface area contributed by atoms with Crippen molar-refractivity contribution in [3.63, 3.8) is 0 Å². The van der Waals surface area contributed by atoms with Crippen molar-refractivity contribution in [2.24, 2.45) is 0 Å². The molecule has 0 saturated carbocycles. The van der Waals surface area contributed by atoms with Crippen molar-refractivity contribution in [2.45, 2.75) is 25.5 Å². The largest absolute Gasteiger partial charge is 0.369 e. The lowest BCUT2D eigenvalue weighted by atomic mass is 9.99. The second kappa shape index (κ2) is 6.04. The van der Waals surface area contributed by atoms with Crippen LogP contribution in [0.4, 0.5) is 4.39 Å². The van der Waals surface area contributed by atoms with Crippen molar-refractivity contribution in [1.82, 2.24) is 10.3 Å². The highest BCUT2D eigenvalue weighted by atomic mass is 19.1. The van der Waals surface area contributed by atoms with Gasteiger partial charge in [0.25, 0.3) is 0 Å². The molecule has 4 nitrogen and oxygen atoms in total. The molecular weight excluding hydrogens is 331 g/mol. The van der Waals surface area contributed by atoms with Gasteiger partial charge in [-0.3, -0.25) is 4.79 Å². The number of nitrogens with one attached hydrogen (secondary N) is 2. The number of aromatic nitrogens is 1. The molecule has 5 heteroatoms. The molecule has 1 fully saturated rings. The average molecular weight is 350 g/mol. The van der Waals surface area contributed by atoms with E-state index < -0.39 is 5.82 Å². The predicted molar refractivity (Wildman–Crippen MR) is 97.7 cm³/mol. The number of ketones is 1. The number of H-pyrrole nitrogens is 1. The highest BCUT2D eigenvalue weighted by Gasteiger charge is 2.24. The third-order valence-electron chi connectivity index (χ3n) is 5.41. The number of halogens is 1. The van der Waals surface area contributed by atoms with Gasteiger partial charge in [0.15, 0.2) is 5.78 Å². The summed E-state index contributed by atoms with van der Waals surface area (Å²) in [4.78, 5) is 15.6. The Morgan fingerprint density at radius 3 is 2.73 bits per heavy atom. The lowest BCUT2D eigenvalue weighted by Crippen LogP contribution is -2.12. The topological polar surface area (TPSA) is 54.1 Å². The van der Waals surface area contributed by atoms with Crippen LogP contribution in [-0.4, -0.2) is 23.9 Å². The summed E-state index contributed by atoms with van der Waals surface area (Å²) in [5.41, 5.74) is 5.17. The number of carbonyl (C=O) groups excluding carboxylic acids is 1. The van der Waals surface area contributed by atoms with E-state index in [9.17, 15) is 9.18 Å². The Morgan fingerprint density at radius 2 is 1.96 bits per heavy atom. The van der Waals surface area contributed by atoms with Gasteiger partial charge in [-0.2, -0.15) is 0 Å². The molecule has 5 rings (SSSR count). The van der Waals surface area contributed by atoms with Gasteiger partial charge in [0, 0.05) is 28.1 Å². The van der Waals surface area contributed by atoms with Crippen molar-refractivity contribution in [3.05, 3.63) is 58.9 Å². The number of hydrogen-bond donors (Lipinski definition) is 2. The Hall–Kier alpha value is -2.50. The van der Waals surface area contributed by atoms with Crippen LogP contribution in [0.15, 0.2) is 36.4 Å². The summed E-state index contributed by atoms with van der Waals surface area (Å²) in [6, 6.07) is 11.6. The molecule has 26 heavy (non-hydrogen) atoms. The third-order valence-corrected chi connectivity index (χ3v) is 5.41. The number of hydrogen-bond acceptors (Lipinski definition) is 3. The molecule has 1 aromatic heterocycles. The van der Waals surface area contributed by atoms with E-state index in [1.807, 2.05) is 0 Å². The monoisotopic (exact) mass is 350 g/mol. The van der Waals surface area contributed by atoms with E-state index in [-0.39, 0.29) is 12.4 Å². The second-order valence-electron chi connectivity index (χ2n) is 7.04. The summed E-state index contributed by atoms with van der Waals surface area (Å²) < 4.78 is 19.5. The fourth-order valence-electron chi connectivity index (χ4n) is 4.15. The quantitative estimate of drug-likeness (QED) is 0.731. The summed E-state index contributed by atoms with van der Waals surface area (Å²) >= 11 is 0. The number of ether oxygens (including phenoxy) is 1. The van der Waals surface area contributed by atoms with Gasteiger partial charge in [-0.1, -0.05) is 24.3 Å². The zero-order chi connectivity index (χ0) is 17.7. The molecule has 1 saturated heterocycles. The number of benzene rings is 2. The van der Waals surface area contributed by atoms with Crippen LogP contribution in [0.3, 0.4) is 0 Å². The molecule has 0 unspecified atom stereocenters. The number of aromatic amines is 1. The van der Waals surface area contributed by atoms with Crippen LogP contribution in [0.2, 0.25) is 0 Å². The minimum absolute atomic E-state index is 0.0149. The Balaban J connectivity index is 1.64. The van der Waals surface area contributed by atoms with Crippen LogP contribution in [-0.2, 0) is 11.3 Å².